The molecule has 1 N–H and O–H groups in total. The Morgan fingerprint density at radius 3 is 2.94 bits per heavy atom. The van der Waals surface area contributed by atoms with E-state index in [2.05, 4.69) is 33.3 Å². The molecule has 0 fully saturated rings. The summed E-state index contributed by atoms with van der Waals surface area (Å²) in [7, 11) is 1.94. The monoisotopic (exact) mass is 327 g/mol. The SMILES string of the molecule is CCc1nn(C)cc1CNc1cccc(Cl)c1Br. The third-order valence-corrected chi connectivity index (χ3v) is 4.15. The second kappa shape index (κ2) is 5.76. The first kappa shape index (κ1) is 13.4. The van der Waals surface area contributed by atoms with Crippen LogP contribution in [0.25, 0.3) is 0 Å². The number of nitrogens with zero attached hydrogens (tertiary/aromatic N) is 2. The van der Waals surface area contributed by atoms with E-state index in [0.29, 0.717) is 5.02 Å². The van der Waals surface area contributed by atoms with Gasteiger partial charge in [-0.05, 0) is 34.5 Å². The molecule has 0 saturated heterocycles. The van der Waals surface area contributed by atoms with Crippen LogP contribution >= 0.6 is 27.5 Å². The van der Waals surface area contributed by atoms with Crippen LogP contribution < -0.4 is 5.32 Å². The topological polar surface area (TPSA) is 29.9 Å². The fourth-order valence-electron chi connectivity index (χ4n) is 1.86. The van der Waals surface area contributed by atoms with Crippen LogP contribution in [0.5, 0.6) is 0 Å². The zero-order valence-corrected chi connectivity index (χ0v) is 12.7. The van der Waals surface area contributed by atoms with Gasteiger partial charge in [-0.25, -0.2) is 0 Å². The highest BCUT2D eigenvalue weighted by molar-refractivity contribution is 9.10. The average Bonchev–Trinajstić information content (AvgIpc) is 2.71. The van der Waals surface area contributed by atoms with E-state index in [4.69, 9.17) is 11.6 Å². The first-order valence-corrected chi connectivity index (χ1v) is 6.98. The number of anilines is 1. The van der Waals surface area contributed by atoms with Gasteiger partial charge < -0.3 is 5.32 Å². The van der Waals surface area contributed by atoms with Crippen LogP contribution in [0.1, 0.15) is 18.2 Å². The summed E-state index contributed by atoms with van der Waals surface area (Å²) in [6.07, 6.45) is 2.98. The van der Waals surface area contributed by atoms with Gasteiger partial charge in [0, 0.05) is 25.4 Å². The molecule has 3 nitrogen and oxygen atoms in total. The number of aryl methyl sites for hydroxylation is 2. The summed E-state index contributed by atoms with van der Waals surface area (Å²) >= 11 is 9.53. The van der Waals surface area contributed by atoms with Crippen LogP contribution in [0, 0.1) is 0 Å². The molecular formula is C13H15BrClN3. The summed E-state index contributed by atoms with van der Waals surface area (Å²) in [5.74, 6) is 0. The van der Waals surface area contributed by atoms with Crippen LogP contribution in [0.3, 0.4) is 0 Å². The first-order valence-electron chi connectivity index (χ1n) is 5.81. The van der Waals surface area contributed by atoms with Crippen molar-refractivity contribution in [3.63, 3.8) is 0 Å². The van der Waals surface area contributed by atoms with Gasteiger partial charge in [0.2, 0.25) is 0 Å². The molecule has 0 aliphatic rings. The molecule has 96 valence electrons. The molecule has 0 aliphatic carbocycles. The summed E-state index contributed by atoms with van der Waals surface area (Å²) in [4.78, 5) is 0. The molecule has 2 aromatic rings. The van der Waals surface area contributed by atoms with E-state index in [0.717, 1.165) is 28.8 Å². The molecule has 0 bridgehead atoms. The van der Waals surface area contributed by atoms with E-state index in [1.165, 1.54) is 5.56 Å². The normalized spacial score (nSPS) is 10.7. The number of rotatable bonds is 4. The van der Waals surface area contributed by atoms with Gasteiger partial charge in [0.05, 0.1) is 20.9 Å². The second-order valence-electron chi connectivity index (χ2n) is 4.08. The highest BCUT2D eigenvalue weighted by Crippen LogP contribution is 2.30. The maximum atomic E-state index is 6.05. The Morgan fingerprint density at radius 2 is 2.22 bits per heavy atom. The van der Waals surface area contributed by atoms with Gasteiger partial charge in [0.25, 0.3) is 0 Å². The molecule has 18 heavy (non-hydrogen) atoms. The Bertz CT molecular complexity index is 551. The fourth-order valence-corrected chi connectivity index (χ4v) is 2.44. The maximum Gasteiger partial charge on any atom is 0.0671 e. The summed E-state index contributed by atoms with van der Waals surface area (Å²) in [6.45, 7) is 2.86. The third kappa shape index (κ3) is 2.87. The Labute approximate surface area is 120 Å². The number of halogens is 2. The van der Waals surface area contributed by atoms with Crippen LogP contribution in [-0.4, -0.2) is 9.78 Å². The van der Waals surface area contributed by atoms with Gasteiger partial charge in [-0.15, -0.1) is 0 Å². The van der Waals surface area contributed by atoms with Gasteiger partial charge in [0.1, 0.15) is 0 Å². The van der Waals surface area contributed by atoms with Crippen molar-refractivity contribution < 1.29 is 0 Å². The van der Waals surface area contributed by atoms with Gasteiger partial charge in [0.15, 0.2) is 0 Å². The minimum Gasteiger partial charge on any atom is -0.380 e. The molecule has 0 atom stereocenters. The van der Waals surface area contributed by atoms with E-state index >= 15 is 0 Å². The minimum atomic E-state index is 0.710. The third-order valence-electron chi connectivity index (χ3n) is 2.75. The van der Waals surface area contributed by atoms with Crippen molar-refractivity contribution in [1.82, 2.24) is 9.78 Å². The summed E-state index contributed by atoms with van der Waals surface area (Å²) in [6, 6.07) is 5.79. The molecule has 0 unspecified atom stereocenters. The lowest BCUT2D eigenvalue weighted by Crippen LogP contribution is -2.01. The standard InChI is InChI=1S/C13H15BrClN3/c1-3-11-9(8-18(2)17-11)7-16-12-6-4-5-10(15)13(12)14/h4-6,8,16H,3,7H2,1-2H3. The molecule has 0 radical (unpaired) electrons. The van der Waals surface area contributed by atoms with Crippen molar-refractivity contribution in [1.29, 1.82) is 0 Å². The van der Waals surface area contributed by atoms with Gasteiger partial charge in [-0.2, -0.15) is 5.10 Å². The smallest absolute Gasteiger partial charge is 0.0671 e. The predicted molar refractivity (Wildman–Crippen MR) is 79.1 cm³/mol. The summed E-state index contributed by atoms with van der Waals surface area (Å²) in [5, 5.41) is 8.50. The molecule has 0 spiro atoms. The number of benzene rings is 1. The molecule has 5 heteroatoms. The molecule has 0 amide bonds. The largest absolute Gasteiger partial charge is 0.380 e. The van der Waals surface area contributed by atoms with E-state index in [9.17, 15) is 0 Å². The molecule has 2 rings (SSSR count). The molecule has 1 aromatic carbocycles. The highest BCUT2D eigenvalue weighted by atomic mass is 79.9. The lowest BCUT2D eigenvalue weighted by atomic mass is 10.2. The first-order chi connectivity index (χ1) is 8.61. The highest BCUT2D eigenvalue weighted by Gasteiger charge is 2.07. The lowest BCUT2D eigenvalue weighted by Gasteiger charge is -2.09. The van der Waals surface area contributed by atoms with E-state index in [-0.39, 0.29) is 0 Å². The van der Waals surface area contributed by atoms with Crippen molar-refractivity contribution in [2.75, 3.05) is 5.32 Å². The maximum absolute atomic E-state index is 6.05. The predicted octanol–water partition coefficient (Wildman–Crippen LogP) is 4.01. The quantitative estimate of drug-likeness (QED) is 0.919. The number of nitrogens with one attached hydrogen (secondary N) is 1. The van der Waals surface area contributed by atoms with Crippen LogP contribution in [-0.2, 0) is 20.0 Å². The zero-order valence-electron chi connectivity index (χ0n) is 10.4. The zero-order chi connectivity index (χ0) is 13.1. The molecule has 0 aliphatic heterocycles. The second-order valence-corrected chi connectivity index (χ2v) is 5.28. The number of hydrogen-bond acceptors (Lipinski definition) is 2. The van der Waals surface area contributed by atoms with E-state index < -0.39 is 0 Å². The van der Waals surface area contributed by atoms with Gasteiger partial charge in [-0.1, -0.05) is 24.6 Å². The Hall–Kier alpha value is -1.000. The lowest BCUT2D eigenvalue weighted by molar-refractivity contribution is 0.746. The van der Waals surface area contributed by atoms with Gasteiger partial charge in [-0.3, -0.25) is 4.68 Å². The Morgan fingerprint density at radius 1 is 1.44 bits per heavy atom. The van der Waals surface area contributed by atoms with Crippen molar-refractivity contribution in [2.24, 2.45) is 7.05 Å². The van der Waals surface area contributed by atoms with Gasteiger partial charge >= 0.3 is 0 Å². The van der Waals surface area contributed by atoms with Crippen LogP contribution in [0.15, 0.2) is 28.9 Å². The van der Waals surface area contributed by atoms with E-state index in [1.807, 2.05) is 36.1 Å². The minimum absolute atomic E-state index is 0.710. The van der Waals surface area contributed by atoms with Crippen LogP contribution in [0.4, 0.5) is 5.69 Å². The Balaban J connectivity index is 2.13. The summed E-state index contributed by atoms with van der Waals surface area (Å²) in [5.41, 5.74) is 3.34. The van der Waals surface area contributed by atoms with Crippen molar-refractivity contribution >= 4 is 33.2 Å². The van der Waals surface area contributed by atoms with Crippen LogP contribution in [0.2, 0.25) is 5.02 Å². The molecule has 1 heterocycles. The number of aromatic nitrogens is 2. The number of hydrogen-bond donors (Lipinski definition) is 1. The van der Waals surface area contributed by atoms with E-state index in [1.54, 1.807) is 0 Å². The van der Waals surface area contributed by atoms with Crippen molar-refractivity contribution in [3.8, 4) is 0 Å². The Kier molecular flexibility index (Phi) is 4.30. The average molecular weight is 329 g/mol. The molecular weight excluding hydrogens is 314 g/mol. The molecule has 1 aromatic heterocycles. The van der Waals surface area contributed by atoms with Crippen molar-refractivity contribution in [3.05, 3.63) is 45.1 Å². The fraction of sp³-hybridized carbons (Fsp3) is 0.308. The summed E-state index contributed by atoms with van der Waals surface area (Å²) < 4.78 is 2.75. The molecule has 0 saturated carbocycles. The van der Waals surface area contributed by atoms with Crippen molar-refractivity contribution in [2.45, 2.75) is 19.9 Å².